The minimum absolute atomic E-state index is 0.00599. The first-order valence-corrected chi connectivity index (χ1v) is 10.1. The number of nitrogens with zero attached hydrogens (tertiary/aromatic N) is 3. The second-order valence-electron chi connectivity index (χ2n) is 6.21. The number of benzene rings is 2. The number of hydrogen-bond donors (Lipinski definition) is 0. The number of esters is 1. The van der Waals surface area contributed by atoms with Crippen LogP contribution in [0.1, 0.15) is 24.2 Å². The van der Waals surface area contributed by atoms with Crippen molar-refractivity contribution in [2.24, 2.45) is 0 Å². The lowest BCUT2D eigenvalue weighted by Gasteiger charge is -2.12. The smallest absolute Gasteiger partial charge is 0.317 e. The molecule has 0 unspecified atom stereocenters. The van der Waals surface area contributed by atoms with Crippen molar-refractivity contribution in [3.05, 3.63) is 66.0 Å². The number of hydrogen-bond acceptors (Lipinski definition) is 6. The van der Waals surface area contributed by atoms with Crippen molar-refractivity contribution >= 4 is 23.5 Å². The summed E-state index contributed by atoms with van der Waals surface area (Å²) in [4.78, 5) is 24.5. The average molecular weight is 413 g/mol. The van der Waals surface area contributed by atoms with E-state index in [-0.39, 0.29) is 17.1 Å². The van der Waals surface area contributed by atoms with Gasteiger partial charge in [-0.2, -0.15) is 0 Å². The van der Waals surface area contributed by atoms with Crippen LogP contribution in [0.2, 0.25) is 0 Å². The van der Waals surface area contributed by atoms with Gasteiger partial charge in [-0.1, -0.05) is 42.1 Å². The number of carbonyl (C=O) groups is 2. The Morgan fingerprint density at radius 2 is 1.79 bits per heavy atom. The normalized spacial score (nSPS) is 11.8. The lowest BCUT2D eigenvalue weighted by atomic mass is 10.1. The summed E-state index contributed by atoms with van der Waals surface area (Å²) >= 11 is 1.20. The molecule has 29 heavy (non-hydrogen) atoms. The van der Waals surface area contributed by atoms with E-state index in [1.165, 1.54) is 43.0 Å². The Kier molecular flexibility index (Phi) is 6.77. The van der Waals surface area contributed by atoms with Crippen LogP contribution in [0.3, 0.4) is 0 Å². The number of halogens is 1. The van der Waals surface area contributed by atoms with Crippen molar-refractivity contribution in [2.45, 2.75) is 31.7 Å². The molecule has 1 heterocycles. The maximum Gasteiger partial charge on any atom is 0.317 e. The fourth-order valence-corrected chi connectivity index (χ4v) is 3.52. The summed E-state index contributed by atoms with van der Waals surface area (Å²) in [5.74, 6) is -0.633. The summed E-state index contributed by atoms with van der Waals surface area (Å²) in [6, 6.07) is 14.8. The van der Waals surface area contributed by atoms with Gasteiger partial charge in [-0.25, -0.2) is 4.39 Å². The number of Topliss-reactive ketones (excluding diaryl/α,β-unsaturated/α-hetero) is 1. The summed E-state index contributed by atoms with van der Waals surface area (Å²) in [6.45, 7) is 4.12. The molecule has 0 saturated heterocycles. The Morgan fingerprint density at radius 3 is 2.45 bits per heavy atom. The van der Waals surface area contributed by atoms with Gasteiger partial charge in [-0.05, 0) is 38.1 Å². The number of ether oxygens (including phenoxy) is 1. The highest BCUT2D eigenvalue weighted by Crippen LogP contribution is 2.24. The summed E-state index contributed by atoms with van der Waals surface area (Å²) < 4.78 is 20.1. The molecule has 0 bridgehead atoms. The number of rotatable bonds is 8. The number of ketones is 1. The minimum Gasteiger partial charge on any atom is -0.454 e. The molecular formula is C21H20FN3O3S. The summed E-state index contributed by atoms with van der Waals surface area (Å²) in [7, 11) is 0. The maximum absolute atomic E-state index is 13.0. The van der Waals surface area contributed by atoms with Crippen molar-refractivity contribution < 1.29 is 18.7 Å². The molecule has 0 aliphatic rings. The third-order valence-corrected chi connectivity index (χ3v) is 5.13. The molecule has 0 aliphatic carbocycles. The van der Waals surface area contributed by atoms with Gasteiger partial charge in [0.05, 0.1) is 5.75 Å². The average Bonchev–Trinajstić information content (AvgIpc) is 3.16. The van der Waals surface area contributed by atoms with Crippen LogP contribution < -0.4 is 0 Å². The molecular weight excluding hydrogens is 393 g/mol. The van der Waals surface area contributed by atoms with Gasteiger partial charge >= 0.3 is 5.97 Å². The van der Waals surface area contributed by atoms with Gasteiger partial charge in [0.25, 0.3) is 0 Å². The molecule has 6 nitrogen and oxygen atoms in total. The second-order valence-corrected chi connectivity index (χ2v) is 7.15. The highest BCUT2D eigenvalue weighted by Gasteiger charge is 2.21. The largest absolute Gasteiger partial charge is 0.454 e. The molecule has 3 rings (SSSR count). The van der Waals surface area contributed by atoms with Crippen molar-refractivity contribution in [3.8, 4) is 11.4 Å². The summed E-state index contributed by atoms with van der Waals surface area (Å²) in [5.41, 5.74) is 1.23. The first-order chi connectivity index (χ1) is 14.0. The second kappa shape index (κ2) is 9.47. The lowest BCUT2D eigenvalue weighted by molar-refractivity contribution is -0.143. The van der Waals surface area contributed by atoms with Gasteiger partial charge in [-0.15, -0.1) is 10.2 Å². The van der Waals surface area contributed by atoms with Crippen molar-refractivity contribution in [1.29, 1.82) is 0 Å². The van der Waals surface area contributed by atoms with E-state index in [1.807, 2.05) is 41.8 Å². The molecule has 0 fully saturated rings. The number of thioether (sulfide) groups is 1. The van der Waals surface area contributed by atoms with Crippen LogP contribution in [0.4, 0.5) is 4.39 Å². The zero-order valence-electron chi connectivity index (χ0n) is 16.0. The van der Waals surface area contributed by atoms with Gasteiger partial charge in [0.1, 0.15) is 5.82 Å². The summed E-state index contributed by atoms with van der Waals surface area (Å²) in [6.07, 6.45) is -0.961. The molecule has 2 aromatic carbocycles. The van der Waals surface area contributed by atoms with Gasteiger partial charge < -0.3 is 9.30 Å². The van der Waals surface area contributed by atoms with E-state index in [9.17, 15) is 14.0 Å². The lowest BCUT2D eigenvalue weighted by Crippen LogP contribution is -2.25. The zero-order valence-corrected chi connectivity index (χ0v) is 16.9. The highest BCUT2D eigenvalue weighted by molar-refractivity contribution is 7.99. The fraction of sp³-hybridized carbons (Fsp3) is 0.238. The van der Waals surface area contributed by atoms with Crippen LogP contribution in [0.5, 0.6) is 0 Å². The van der Waals surface area contributed by atoms with Crippen molar-refractivity contribution in [3.63, 3.8) is 0 Å². The zero-order chi connectivity index (χ0) is 20.8. The van der Waals surface area contributed by atoms with Crippen LogP contribution in [0.25, 0.3) is 11.4 Å². The van der Waals surface area contributed by atoms with E-state index in [1.54, 1.807) is 0 Å². The van der Waals surface area contributed by atoms with Crippen LogP contribution in [-0.2, 0) is 16.1 Å². The molecule has 3 aromatic rings. The van der Waals surface area contributed by atoms with Crippen LogP contribution >= 0.6 is 11.8 Å². The predicted octanol–water partition coefficient (Wildman–Crippen LogP) is 4.01. The SMILES string of the molecule is CCn1c(SCC(=O)O[C@@H](C)C(=O)c2ccc(F)cc2)nnc1-c1ccccc1. The number of aromatic nitrogens is 3. The third-order valence-electron chi connectivity index (χ3n) is 4.19. The van der Waals surface area contributed by atoms with E-state index in [4.69, 9.17) is 4.74 Å². The molecule has 8 heteroatoms. The molecule has 1 aromatic heterocycles. The number of carbonyl (C=O) groups excluding carboxylic acids is 2. The molecule has 0 radical (unpaired) electrons. The topological polar surface area (TPSA) is 74.1 Å². The Morgan fingerprint density at radius 1 is 1.10 bits per heavy atom. The van der Waals surface area contributed by atoms with Crippen LogP contribution in [-0.4, -0.2) is 38.4 Å². The van der Waals surface area contributed by atoms with E-state index in [0.29, 0.717) is 11.7 Å². The first kappa shape index (κ1) is 20.7. The molecule has 0 saturated carbocycles. The van der Waals surface area contributed by atoms with Gasteiger partial charge in [0, 0.05) is 17.7 Å². The van der Waals surface area contributed by atoms with Crippen LogP contribution in [0, 0.1) is 5.82 Å². The van der Waals surface area contributed by atoms with E-state index in [0.717, 1.165) is 11.4 Å². The maximum atomic E-state index is 13.0. The Bertz CT molecular complexity index is 990. The molecule has 0 amide bonds. The monoisotopic (exact) mass is 413 g/mol. The fourth-order valence-electron chi connectivity index (χ4n) is 2.74. The Balaban J connectivity index is 1.60. The molecule has 0 spiro atoms. The molecule has 1 atom stereocenters. The van der Waals surface area contributed by atoms with E-state index < -0.39 is 17.9 Å². The van der Waals surface area contributed by atoms with Gasteiger partial charge in [-0.3, -0.25) is 9.59 Å². The van der Waals surface area contributed by atoms with Crippen LogP contribution in [0.15, 0.2) is 59.8 Å². The van der Waals surface area contributed by atoms with Gasteiger partial charge in [0.2, 0.25) is 5.78 Å². The summed E-state index contributed by atoms with van der Waals surface area (Å²) in [5, 5.41) is 9.00. The van der Waals surface area contributed by atoms with Gasteiger partial charge in [0.15, 0.2) is 17.1 Å². The Labute approximate surface area is 172 Å². The predicted molar refractivity (Wildman–Crippen MR) is 108 cm³/mol. The Hall–Kier alpha value is -3.00. The van der Waals surface area contributed by atoms with Crippen molar-refractivity contribution in [1.82, 2.24) is 14.8 Å². The standard InChI is InChI=1S/C21H20FN3O3S/c1-3-25-20(16-7-5-4-6-8-16)23-24-21(25)29-13-18(26)28-14(2)19(27)15-9-11-17(22)12-10-15/h4-12,14H,3,13H2,1-2H3/t14-/m0/s1. The minimum atomic E-state index is -0.961. The first-order valence-electron chi connectivity index (χ1n) is 9.10. The molecule has 0 N–H and O–H groups in total. The van der Waals surface area contributed by atoms with E-state index in [2.05, 4.69) is 10.2 Å². The van der Waals surface area contributed by atoms with Crippen molar-refractivity contribution in [2.75, 3.05) is 5.75 Å². The molecule has 150 valence electrons. The third kappa shape index (κ3) is 5.08. The quantitative estimate of drug-likeness (QED) is 0.316. The molecule has 0 aliphatic heterocycles. The highest BCUT2D eigenvalue weighted by atomic mass is 32.2. The van der Waals surface area contributed by atoms with E-state index >= 15 is 0 Å².